The Hall–Kier alpha value is -3.02. The Morgan fingerprint density at radius 2 is 1.74 bits per heavy atom. The molecule has 0 saturated heterocycles. The average Bonchev–Trinajstić information content (AvgIpc) is 3.19. The van der Waals surface area contributed by atoms with Crippen LogP contribution in [0.5, 0.6) is 5.75 Å². The zero-order valence-corrected chi connectivity index (χ0v) is 21.5. The summed E-state index contributed by atoms with van der Waals surface area (Å²) in [7, 11) is 0. The van der Waals surface area contributed by atoms with Crippen LogP contribution in [0.2, 0.25) is 10.0 Å². The number of para-hydroxylation sites is 2. The summed E-state index contributed by atoms with van der Waals surface area (Å²) in [6.07, 6.45) is 1.81. The van der Waals surface area contributed by atoms with E-state index in [1.165, 1.54) is 0 Å². The van der Waals surface area contributed by atoms with Crippen molar-refractivity contribution in [2.75, 3.05) is 13.2 Å². The number of fused-ring (bicyclic) bond motifs is 1. The van der Waals surface area contributed by atoms with Crippen molar-refractivity contribution < 1.29 is 9.53 Å². The molecule has 1 heterocycles. The van der Waals surface area contributed by atoms with Crippen LogP contribution in [0, 0.1) is 13.8 Å². The van der Waals surface area contributed by atoms with Gasteiger partial charge in [-0.15, -0.1) is 0 Å². The summed E-state index contributed by atoms with van der Waals surface area (Å²) in [6.45, 7) is 5.73. The lowest BCUT2D eigenvalue weighted by atomic mass is 10.1. The van der Waals surface area contributed by atoms with Crippen molar-refractivity contribution >= 4 is 40.1 Å². The highest BCUT2D eigenvalue weighted by Gasteiger charge is 2.12. The number of carbonyl (C=O) groups excluding carboxylic acids is 1. The van der Waals surface area contributed by atoms with E-state index in [0.29, 0.717) is 24.7 Å². The third kappa shape index (κ3) is 6.36. The third-order valence-corrected chi connectivity index (χ3v) is 6.90. The van der Waals surface area contributed by atoms with E-state index in [4.69, 9.17) is 32.9 Å². The number of benzene rings is 3. The SMILES string of the molecule is Cc1cc(OCCn2c(CCCNC(=O)Cc3ccccc3Cl)nc3ccccc32)cc(C)c1Cl. The van der Waals surface area contributed by atoms with Gasteiger partial charge in [0.15, 0.2) is 0 Å². The number of carbonyl (C=O) groups is 1. The number of nitrogens with one attached hydrogen (secondary N) is 1. The fourth-order valence-electron chi connectivity index (χ4n) is 4.16. The van der Waals surface area contributed by atoms with E-state index in [2.05, 4.69) is 16.0 Å². The van der Waals surface area contributed by atoms with Gasteiger partial charge < -0.3 is 14.6 Å². The molecule has 0 unspecified atom stereocenters. The molecule has 0 aliphatic rings. The van der Waals surface area contributed by atoms with Gasteiger partial charge in [0.05, 0.1) is 24.0 Å². The Balaban J connectivity index is 1.35. The molecule has 7 heteroatoms. The number of hydrogen-bond donors (Lipinski definition) is 1. The van der Waals surface area contributed by atoms with Crippen molar-refractivity contribution in [2.24, 2.45) is 0 Å². The highest BCUT2D eigenvalue weighted by atomic mass is 35.5. The van der Waals surface area contributed by atoms with Gasteiger partial charge in [-0.1, -0.05) is 53.5 Å². The van der Waals surface area contributed by atoms with E-state index in [-0.39, 0.29) is 12.3 Å². The van der Waals surface area contributed by atoms with Gasteiger partial charge in [0, 0.05) is 23.0 Å². The van der Waals surface area contributed by atoms with Crippen LogP contribution in [-0.4, -0.2) is 28.6 Å². The van der Waals surface area contributed by atoms with E-state index < -0.39 is 0 Å². The summed E-state index contributed by atoms with van der Waals surface area (Å²) in [5, 5.41) is 4.38. The number of hydrogen-bond acceptors (Lipinski definition) is 3. The molecule has 0 spiro atoms. The highest BCUT2D eigenvalue weighted by Crippen LogP contribution is 2.26. The Morgan fingerprint density at radius 1 is 1.03 bits per heavy atom. The number of aryl methyl sites for hydroxylation is 3. The van der Waals surface area contributed by atoms with Gasteiger partial charge in [0.25, 0.3) is 0 Å². The third-order valence-electron chi connectivity index (χ3n) is 5.94. The van der Waals surface area contributed by atoms with Crippen LogP contribution in [0.4, 0.5) is 0 Å². The smallest absolute Gasteiger partial charge is 0.224 e. The van der Waals surface area contributed by atoms with E-state index in [0.717, 1.165) is 57.2 Å². The maximum Gasteiger partial charge on any atom is 0.224 e. The van der Waals surface area contributed by atoms with Gasteiger partial charge in [-0.25, -0.2) is 4.98 Å². The van der Waals surface area contributed by atoms with Crippen molar-refractivity contribution in [1.82, 2.24) is 14.9 Å². The van der Waals surface area contributed by atoms with Gasteiger partial charge in [-0.2, -0.15) is 0 Å². The van der Waals surface area contributed by atoms with Crippen LogP contribution >= 0.6 is 23.2 Å². The van der Waals surface area contributed by atoms with Crippen LogP contribution in [0.15, 0.2) is 60.7 Å². The zero-order valence-electron chi connectivity index (χ0n) is 20.0. The van der Waals surface area contributed by atoms with E-state index in [9.17, 15) is 4.79 Å². The lowest BCUT2D eigenvalue weighted by molar-refractivity contribution is -0.120. The van der Waals surface area contributed by atoms with Gasteiger partial charge in [0.1, 0.15) is 18.2 Å². The average molecular weight is 510 g/mol. The number of ether oxygens (including phenoxy) is 1. The number of amides is 1. The molecule has 0 saturated carbocycles. The molecule has 5 nitrogen and oxygen atoms in total. The lowest BCUT2D eigenvalue weighted by Gasteiger charge is -2.13. The van der Waals surface area contributed by atoms with Gasteiger partial charge >= 0.3 is 0 Å². The molecule has 35 heavy (non-hydrogen) atoms. The predicted molar refractivity (Wildman–Crippen MR) is 143 cm³/mol. The van der Waals surface area contributed by atoms with Crippen LogP contribution in [-0.2, 0) is 24.2 Å². The monoisotopic (exact) mass is 509 g/mol. The lowest BCUT2D eigenvalue weighted by Crippen LogP contribution is -2.26. The fourth-order valence-corrected chi connectivity index (χ4v) is 4.47. The van der Waals surface area contributed by atoms with E-state index >= 15 is 0 Å². The molecule has 1 aromatic heterocycles. The van der Waals surface area contributed by atoms with Crippen molar-refractivity contribution in [3.8, 4) is 5.75 Å². The molecule has 0 aliphatic carbocycles. The molecular weight excluding hydrogens is 481 g/mol. The fraction of sp³-hybridized carbons (Fsp3) is 0.286. The first-order chi connectivity index (χ1) is 16.9. The van der Waals surface area contributed by atoms with Gasteiger partial charge in [0.2, 0.25) is 5.91 Å². The summed E-state index contributed by atoms with van der Waals surface area (Å²) < 4.78 is 8.25. The standard InChI is InChI=1S/C28H29Cl2N3O2/c1-19-16-22(17-20(2)28(19)30)35-15-14-33-25-11-6-5-10-24(25)32-26(33)12-7-13-31-27(34)18-21-8-3-4-9-23(21)29/h3-6,8-11,16-17H,7,12-15,18H2,1-2H3,(H,31,34). The molecule has 4 aromatic rings. The van der Waals surface area contributed by atoms with Crippen LogP contribution in [0.1, 0.15) is 28.9 Å². The van der Waals surface area contributed by atoms with Crippen molar-refractivity contribution in [3.05, 3.63) is 93.2 Å². The van der Waals surface area contributed by atoms with Gasteiger partial charge in [-0.3, -0.25) is 4.79 Å². The van der Waals surface area contributed by atoms with Crippen molar-refractivity contribution in [3.63, 3.8) is 0 Å². The van der Waals surface area contributed by atoms with Crippen LogP contribution in [0.3, 0.4) is 0 Å². The number of rotatable bonds is 10. The largest absolute Gasteiger partial charge is 0.492 e. The molecule has 1 amide bonds. The Morgan fingerprint density at radius 3 is 2.51 bits per heavy atom. The maximum absolute atomic E-state index is 12.3. The summed E-state index contributed by atoms with van der Waals surface area (Å²) in [5.41, 5.74) is 4.89. The Labute approximate surface area is 216 Å². The first kappa shape index (κ1) is 25.1. The molecule has 0 fully saturated rings. The topological polar surface area (TPSA) is 56.1 Å². The van der Waals surface area contributed by atoms with Gasteiger partial charge in [-0.05, 0) is 67.3 Å². The molecule has 3 aromatic carbocycles. The minimum absolute atomic E-state index is 0.0337. The number of nitrogens with zero attached hydrogens (tertiary/aromatic N) is 2. The molecule has 0 atom stereocenters. The summed E-state index contributed by atoms with van der Waals surface area (Å²) in [4.78, 5) is 17.1. The second kappa shape index (κ2) is 11.6. The highest BCUT2D eigenvalue weighted by molar-refractivity contribution is 6.32. The normalized spacial score (nSPS) is 11.1. The molecule has 1 N–H and O–H groups in total. The summed E-state index contributed by atoms with van der Waals surface area (Å²) >= 11 is 12.4. The van der Waals surface area contributed by atoms with Crippen molar-refractivity contribution in [2.45, 2.75) is 39.7 Å². The minimum Gasteiger partial charge on any atom is -0.492 e. The zero-order chi connectivity index (χ0) is 24.8. The van der Waals surface area contributed by atoms with Crippen LogP contribution < -0.4 is 10.1 Å². The molecule has 0 aliphatic heterocycles. The molecular formula is C28H29Cl2N3O2. The number of aromatic nitrogens is 2. The summed E-state index contributed by atoms with van der Waals surface area (Å²) in [5.74, 6) is 1.77. The quantitative estimate of drug-likeness (QED) is 0.254. The summed E-state index contributed by atoms with van der Waals surface area (Å²) in [6, 6.07) is 19.5. The van der Waals surface area contributed by atoms with Crippen molar-refractivity contribution in [1.29, 1.82) is 0 Å². The Bertz CT molecular complexity index is 1310. The number of imidazole rings is 1. The molecule has 182 valence electrons. The molecule has 0 bridgehead atoms. The minimum atomic E-state index is -0.0337. The first-order valence-electron chi connectivity index (χ1n) is 11.8. The second-order valence-electron chi connectivity index (χ2n) is 8.61. The molecule has 4 rings (SSSR count). The first-order valence-corrected chi connectivity index (χ1v) is 12.5. The molecule has 0 radical (unpaired) electrons. The Kier molecular flexibility index (Phi) is 8.32. The van der Waals surface area contributed by atoms with Crippen LogP contribution in [0.25, 0.3) is 11.0 Å². The second-order valence-corrected chi connectivity index (χ2v) is 9.39. The maximum atomic E-state index is 12.3. The number of halogens is 2. The van der Waals surface area contributed by atoms with E-state index in [1.807, 2.05) is 62.4 Å². The van der Waals surface area contributed by atoms with E-state index in [1.54, 1.807) is 6.07 Å². The predicted octanol–water partition coefficient (Wildman–Crippen LogP) is 6.33.